The fourth-order valence-corrected chi connectivity index (χ4v) is 4.79. The number of nitrogens with zero attached hydrogens (tertiary/aromatic N) is 1. The van der Waals surface area contributed by atoms with Crippen LogP contribution in [0.2, 0.25) is 0 Å². The number of imide groups is 1. The van der Waals surface area contributed by atoms with Crippen molar-refractivity contribution >= 4 is 28.6 Å². The summed E-state index contributed by atoms with van der Waals surface area (Å²) in [7, 11) is 0. The van der Waals surface area contributed by atoms with Gasteiger partial charge in [-0.1, -0.05) is 97.1 Å². The zero-order chi connectivity index (χ0) is 25.3. The average Bonchev–Trinajstić information content (AvgIpc) is 3.12. The van der Waals surface area contributed by atoms with Crippen molar-refractivity contribution in [3.05, 3.63) is 108 Å². The number of rotatable bonds is 6. The fraction of sp³-hybridized carbons (Fsp3) is 0.167. The second kappa shape index (κ2) is 9.30. The van der Waals surface area contributed by atoms with Crippen LogP contribution in [0.3, 0.4) is 0 Å². The Morgan fingerprint density at radius 3 is 2.25 bits per heavy atom. The lowest BCUT2D eigenvalue weighted by Gasteiger charge is -2.24. The molecule has 6 nitrogen and oxygen atoms in total. The minimum Gasteiger partial charge on any atom is -0.348 e. The SMILES string of the molecule is C[C@@H](NC(=O)CN1C(=O)N[C@](C)(c2cccc3ccccc23)C1=O)c1ccc(-c2ccccc2)cc1. The van der Waals surface area contributed by atoms with Gasteiger partial charge < -0.3 is 10.6 Å². The number of hydrogen-bond acceptors (Lipinski definition) is 3. The van der Waals surface area contributed by atoms with E-state index in [1.54, 1.807) is 6.92 Å². The summed E-state index contributed by atoms with van der Waals surface area (Å²) in [5.41, 5.74) is 2.59. The molecule has 0 aliphatic carbocycles. The Bertz CT molecular complexity index is 1440. The molecule has 4 aromatic carbocycles. The van der Waals surface area contributed by atoms with E-state index in [1.807, 2.05) is 104 Å². The molecule has 0 spiro atoms. The molecule has 1 heterocycles. The first-order valence-corrected chi connectivity index (χ1v) is 11.9. The Hall–Kier alpha value is -4.45. The minimum absolute atomic E-state index is 0.285. The number of benzene rings is 4. The lowest BCUT2D eigenvalue weighted by molar-refractivity contribution is -0.135. The number of urea groups is 1. The van der Waals surface area contributed by atoms with Crippen LogP contribution < -0.4 is 10.6 Å². The van der Waals surface area contributed by atoms with Crippen molar-refractivity contribution in [2.45, 2.75) is 25.4 Å². The van der Waals surface area contributed by atoms with Gasteiger partial charge >= 0.3 is 6.03 Å². The van der Waals surface area contributed by atoms with E-state index < -0.39 is 23.4 Å². The Morgan fingerprint density at radius 1 is 0.861 bits per heavy atom. The summed E-state index contributed by atoms with van der Waals surface area (Å²) in [6.45, 7) is 3.21. The molecule has 2 atom stereocenters. The number of carbonyl (C=O) groups excluding carboxylic acids is 3. The highest BCUT2D eigenvalue weighted by molar-refractivity contribution is 6.10. The second-order valence-electron chi connectivity index (χ2n) is 9.25. The summed E-state index contributed by atoms with van der Waals surface area (Å²) in [6.07, 6.45) is 0. The third-order valence-corrected chi connectivity index (χ3v) is 6.80. The zero-order valence-corrected chi connectivity index (χ0v) is 20.2. The van der Waals surface area contributed by atoms with Crippen molar-refractivity contribution in [1.82, 2.24) is 15.5 Å². The van der Waals surface area contributed by atoms with E-state index in [-0.39, 0.29) is 12.6 Å². The monoisotopic (exact) mass is 477 g/mol. The van der Waals surface area contributed by atoms with E-state index in [4.69, 9.17) is 0 Å². The first-order valence-electron chi connectivity index (χ1n) is 11.9. The molecule has 36 heavy (non-hydrogen) atoms. The lowest BCUT2D eigenvalue weighted by Crippen LogP contribution is -2.43. The highest BCUT2D eigenvalue weighted by Crippen LogP contribution is 2.33. The second-order valence-corrected chi connectivity index (χ2v) is 9.25. The maximum absolute atomic E-state index is 13.4. The summed E-state index contributed by atoms with van der Waals surface area (Å²) in [5, 5.41) is 7.57. The van der Waals surface area contributed by atoms with Gasteiger partial charge in [0, 0.05) is 0 Å². The summed E-state index contributed by atoms with van der Waals surface area (Å²) < 4.78 is 0. The van der Waals surface area contributed by atoms with Gasteiger partial charge in [0.15, 0.2) is 0 Å². The van der Waals surface area contributed by atoms with E-state index in [9.17, 15) is 14.4 Å². The summed E-state index contributed by atoms with van der Waals surface area (Å²) in [5.74, 6) is -0.848. The van der Waals surface area contributed by atoms with E-state index in [2.05, 4.69) is 10.6 Å². The third-order valence-electron chi connectivity index (χ3n) is 6.80. The Labute approximate surface area is 209 Å². The fourth-order valence-electron chi connectivity index (χ4n) is 4.79. The molecule has 2 N–H and O–H groups in total. The van der Waals surface area contributed by atoms with Crippen molar-refractivity contribution in [2.24, 2.45) is 0 Å². The topological polar surface area (TPSA) is 78.5 Å². The molecule has 0 radical (unpaired) electrons. The molecule has 5 rings (SSSR count). The summed E-state index contributed by atoms with van der Waals surface area (Å²) >= 11 is 0. The average molecular weight is 478 g/mol. The normalized spacial score (nSPS) is 18.2. The van der Waals surface area contributed by atoms with Crippen LogP contribution in [0.15, 0.2) is 97.1 Å². The molecule has 4 aromatic rings. The van der Waals surface area contributed by atoms with E-state index in [0.29, 0.717) is 5.56 Å². The van der Waals surface area contributed by atoms with Gasteiger partial charge in [0.25, 0.3) is 5.91 Å². The van der Waals surface area contributed by atoms with Crippen molar-refractivity contribution < 1.29 is 14.4 Å². The maximum atomic E-state index is 13.4. The predicted octanol–water partition coefficient (Wildman–Crippen LogP) is 5.15. The van der Waals surface area contributed by atoms with Crippen LogP contribution in [0, 0.1) is 0 Å². The zero-order valence-electron chi connectivity index (χ0n) is 20.2. The van der Waals surface area contributed by atoms with Crippen LogP contribution in [-0.2, 0) is 15.1 Å². The first-order chi connectivity index (χ1) is 17.4. The van der Waals surface area contributed by atoms with Gasteiger partial charge in [-0.25, -0.2) is 4.79 Å². The largest absolute Gasteiger partial charge is 0.348 e. The molecule has 0 unspecified atom stereocenters. The highest BCUT2D eigenvalue weighted by Gasteiger charge is 2.50. The number of amides is 4. The van der Waals surface area contributed by atoms with Crippen molar-refractivity contribution in [1.29, 1.82) is 0 Å². The number of fused-ring (bicyclic) bond motifs is 1. The number of carbonyl (C=O) groups is 3. The van der Waals surface area contributed by atoms with Crippen LogP contribution in [-0.4, -0.2) is 29.3 Å². The van der Waals surface area contributed by atoms with Gasteiger partial charge in [0.2, 0.25) is 5.91 Å². The van der Waals surface area contributed by atoms with Gasteiger partial charge in [0.05, 0.1) is 6.04 Å². The molecular formula is C30H27N3O3. The molecule has 0 aromatic heterocycles. The van der Waals surface area contributed by atoms with Crippen LogP contribution in [0.5, 0.6) is 0 Å². The smallest absolute Gasteiger partial charge is 0.325 e. The molecule has 1 aliphatic rings. The summed E-state index contributed by atoms with van der Waals surface area (Å²) in [6, 6.07) is 30.5. The van der Waals surface area contributed by atoms with E-state index >= 15 is 0 Å². The molecule has 180 valence electrons. The first kappa shape index (κ1) is 23.3. The Balaban J connectivity index is 1.28. The van der Waals surface area contributed by atoms with Gasteiger partial charge in [-0.2, -0.15) is 0 Å². The van der Waals surface area contributed by atoms with Gasteiger partial charge in [0.1, 0.15) is 12.1 Å². The minimum atomic E-state index is -1.25. The lowest BCUT2D eigenvalue weighted by atomic mass is 9.88. The maximum Gasteiger partial charge on any atom is 0.325 e. The third kappa shape index (κ3) is 4.22. The standard InChI is InChI=1S/C30H27N3O3/c1-20(21-15-17-23(18-16-21)22-9-4-3-5-10-22)31-27(34)19-33-28(35)30(2,32-29(33)36)26-14-8-12-24-11-6-7-13-25(24)26/h3-18,20H,19H2,1-2H3,(H,31,34)(H,32,36)/t20-,30-/m1/s1. The van der Waals surface area contributed by atoms with Crippen LogP contribution in [0.25, 0.3) is 21.9 Å². The summed E-state index contributed by atoms with van der Waals surface area (Å²) in [4.78, 5) is 40.0. The Morgan fingerprint density at radius 2 is 1.50 bits per heavy atom. The van der Waals surface area contributed by atoms with Gasteiger partial charge in [-0.05, 0) is 46.9 Å². The molecular weight excluding hydrogens is 450 g/mol. The van der Waals surface area contributed by atoms with Crippen LogP contribution in [0.4, 0.5) is 4.79 Å². The molecule has 6 heteroatoms. The van der Waals surface area contributed by atoms with E-state index in [1.165, 1.54) is 0 Å². The van der Waals surface area contributed by atoms with Crippen LogP contribution in [0.1, 0.15) is 31.0 Å². The van der Waals surface area contributed by atoms with Crippen LogP contribution >= 0.6 is 0 Å². The van der Waals surface area contributed by atoms with Gasteiger partial charge in [-0.15, -0.1) is 0 Å². The molecule has 0 bridgehead atoms. The number of nitrogens with one attached hydrogen (secondary N) is 2. The van der Waals surface area contributed by atoms with Crippen molar-refractivity contribution in [2.75, 3.05) is 6.54 Å². The molecule has 1 fully saturated rings. The quantitative estimate of drug-likeness (QED) is 0.377. The molecule has 4 amide bonds. The Kier molecular flexibility index (Phi) is 6.02. The van der Waals surface area contributed by atoms with E-state index in [0.717, 1.165) is 32.4 Å². The number of hydrogen-bond donors (Lipinski definition) is 2. The molecule has 1 saturated heterocycles. The van der Waals surface area contributed by atoms with Crippen molar-refractivity contribution in [3.63, 3.8) is 0 Å². The highest BCUT2D eigenvalue weighted by atomic mass is 16.2. The molecule has 1 aliphatic heterocycles. The van der Waals surface area contributed by atoms with Gasteiger partial charge in [-0.3, -0.25) is 14.5 Å². The molecule has 0 saturated carbocycles. The van der Waals surface area contributed by atoms with Crippen molar-refractivity contribution in [3.8, 4) is 11.1 Å². The predicted molar refractivity (Wildman–Crippen MR) is 140 cm³/mol.